The highest BCUT2D eigenvalue weighted by Gasteiger charge is 2.60. The first-order chi connectivity index (χ1) is 15.0. The van der Waals surface area contributed by atoms with Gasteiger partial charge in [-0.3, -0.25) is 13.9 Å². The molecule has 2 aromatic rings. The van der Waals surface area contributed by atoms with Crippen LogP contribution < -0.4 is 11.0 Å². The fraction of sp³-hybridized carbons (Fsp3) is 0.421. The third kappa shape index (κ3) is 4.39. The van der Waals surface area contributed by atoms with Crippen molar-refractivity contribution < 1.29 is 38.5 Å². The van der Waals surface area contributed by atoms with Gasteiger partial charge in [0.1, 0.15) is 24.1 Å². The first kappa shape index (κ1) is 22.7. The average molecular weight is 467 g/mol. The SMILES string of the molecule is CC1(C)O[C@H]2[C@@H](O1)[C@H](n1ccc(NC(=O)c3ccccc3)nc1=O)O[C@@H]2[C@@H](O)P(=O)(O)O. The molecule has 172 valence electrons. The largest absolute Gasteiger partial charge is 0.378 e. The minimum atomic E-state index is -4.94. The Balaban J connectivity index is 1.59. The Hall–Kier alpha value is -2.44. The van der Waals surface area contributed by atoms with Crippen LogP contribution in [0.5, 0.6) is 0 Å². The van der Waals surface area contributed by atoms with Gasteiger partial charge in [0.25, 0.3) is 5.91 Å². The Bertz CT molecular complexity index is 1120. The minimum absolute atomic E-state index is 0.00497. The Labute approximate surface area is 181 Å². The number of aliphatic hydroxyl groups is 1. The van der Waals surface area contributed by atoms with Crippen LogP contribution in [0.4, 0.5) is 5.82 Å². The average Bonchev–Trinajstić information content (AvgIpc) is 3.20. The van der Waals surface area contributed by atoms with E-state index in [4.69, 9.17) is 14.2 Å². The summed E-state index contributed by atoms with van der Waals surface area (Å²) in [6, 6.07) is 9.74. The summed E-state index contributed by atoms with van der Waals surface area (Å²) in [5.41, 5.74) is -0.423. The maximum absolute atomic E-state index is 12.7. The molecule has 5 atom stereocenters. The Morgan fingerprint density at radius 3 is 2.47 bits per heavy atom. The van der Waals surface area contributed by atoms with Crippen LogP contribution in [-0.2, 0) is 18.8 Å². The van der Waals surface area contributed by atoms with Gasteiger partial charge in [-0.05, 0) is 32.0 Å². The van der Waals surface area contributed by atoms with Crippen LogP contribution in [0.2, 0.25) is 0 Å². The topological polar surface area (TPSA) is 169 Å². The zero-order valence-corrected chi connectivity index (χ0v) is 18.0. The van der Waals surface area contributed by atoms with Gasteiger partial charge in [-0.15, -0.1) is 0 Å². The number of ether oxygens (including phenoxy) is 3. The lowest BCUT2D eigenvalue weighted by atomic mass is 10.1. The molecule has 3 heterocycles. The van der Waals surface area contributed by atoms with Gasteiger partial charge in [-0.2, -0.15) is 4.98 Å². The van der Waals surface area contributed by atoms with E-state index in [1.54, 1.807) is 44.2 Å². The summed E-state index contributed by atoms with van der Waals surface area (Å²) in [5.74, 6) is -3.76. The second-order valence-electron chi connectivity index (χ2n) is 7.88. The van der Waals surface area contributed by atoms with E-state index < -0.39 is 55.4 Å². The predicted octanol–water partition coefficient (Wildman–Crippen LogP) is 0.409. The summed E-state index contributed by atoms with van der Waals surface area (Å²) in [7, 11) is -4.94. The lowest BCUT2D eigenvalue weighted by Gasteiger charge is -2.27. The Morgan fingerprint density at radius 1 is 1.19 bits per heavy atom. The third-order valence-electron chi connectivity index (χ3n) is 5.09. The van der Waals surface area contributed by atoms with Crippen molar-refractivity contribution in [1.82, 2.24) is 9.55 Å². The summed E-state index contributed by atoms with van der Waals surface area (Å²) < 4.78 is 29.7. The van der Waals surface area contributed by atoms with Crippen molar-refractivity contribution in [3.05, 3.63) is 58.6 Å². The van der Waals surface area contributed by atoms with E-state index in [-0.39, 0.29) is 5.82 Å². The van der Waals surface area contributed by atoms with E-state index in [0.29, 0.717) is 5.56 Å². The van der Waals surface area contributed by atoms with Gasteiger partial charge in [-0.1, -0.05) is 18.2 Å². The molecular weight excluding hydrogens is 445 g/mol. The molecule has 0 unspecified atom stereocenters. The van der Waals surface area contributed by atoms with Gasteiger partial charge in [0.05, 0.1) is 0 Å². The van der Waals surface area contributed by atoms with Crippen molar-refractivity contribution in [1.29, 1.82) is 0 Å². The van der Waals surface area contributed by atoms with E-state index in [2.05, 4.69) is 10.3 Å². The fourth-order valence-electron chi connectivity index (χ4n) is 3.72. The molecule has 0 bridgehead atoms. The molecule has 13 heteroatoms. The molecule has 2 aliphatic heterocycles. The number of aliphatic hydroxyl groups excluding tert-OH is 1. The normalized spacial score (nSPS) is 27.7. The maximum Gasteiger partial charge on any atom is 0.356 e. The Morgan fingerprint density at radius 2 is 1.84 bits per heavy atom. The number of benzene rings is 1. The van der Waals surface area contributed by atoms with Crippen molar-refractivity contribution in [2.45, 2.75) is 50.0 Å². The van der Waals surface area contributed by atoms with Crippen molar-refractivity contribution in [3.8, 4) is 0 Å². The highest BCUT2D eigenvalue weighted by Crippen LogP contribution is 2.50. The summed E-state index contributed by atoms with van der Waals surface area (Å²) in [6.45, 7) is 3.18. The van der Waals surface area contributed by atoms with Crippen LogP contribution in [0.1, 0.15) is 30.4 Å². The molecule has 4 N–H and O–H groups in total. The number of carbonyl (C=O) groups excluding carboxylic acids is 1. The van der Waals surface area contributed by atoms with E-state index in [9.17, 15) is 29.0 Å². The van der Waals surface area contributed by atoms with Crippen LogP contribution >= 0.6 is 7.60 Å². The van der Waals surface area contributed by atoms with Gasteiger partial charge < -0.3 is 34.4 Å². The van der Waals surface area contributed by atoms with E-state index in [1.807, 2.05) is 0 Å². The number of anilines is 1. The number of carbonyl (C=O) groups is 1. The first-order valence-electron chi connectivity index (χ1n) is 9.66. The zero-order valence-electron chi connectivity index (χ0n) is 17.1. The van der Waals surface area contributed by atoms with Crippen molar-refractivity contribution in [2.75, 3.05) is 5.32 Å². The number of amides is 1. The second-order valence-corrected chi connectivity index (χ2v) is 9.59. The van der Waals surface area contributed by atoms with Crippen LogP contribution in [0, 0.1) is 0 Å². The highest BCUT2D eigenvalue weighted by molar-refractivity contribution is 7.52. The molecule has 0 aliphatic carbocycles. The Kier molecular flexibility index (Phi) is 5.80. The van der Waals surface area contributed by atoms with Crippen LogP contribution in [0.25, 0.3) is 0 Å². The van der Waals surface area contributed by atoms with Gasteiger partial charge in [0, 0.05) is 11.8 Å². The lowest BCUT2D eigenvalue weighted by molar-refractivity contribution is -0.203. The molecule has 1 aromatic carbocycles. The van der Waals surface area contributed by atoms with Crippen LogP contribution in [0.3, 0.4) is 0 Å². The first-order valence-corrected chi connectivity index (χ1v) is 11.3. The number of aromatic nitrogens is 2. The monoisotopic (exact) mass is 467 g/mol. The molecule has 12 nitrogen and oxygen atoms in total. The van der Waals surface area contributed by atoms with Gasteiger partial charge in [-0.25, -0.2) is 4.79 Å². The molecule has 2 aliphatic rings. The van der Waals surface area contributed by atoms with E-state index in [1.165, 1.54) is 12.3 Å². The van der Waals surface area contributed by atoms with Crippen LogP contribution in [-0.4, -0.2) is 60.3 Å². The van der Waals surface area contributed by atoms with Crippen molar-refractivity contribution >= 4 is 19.3 Å². The minimum Gasteiger partial charge on any atom is -0.378 e. The molecule has 2 saturated heterocycles. The second kappa shape index (κ2) is 8.16. The molecule has 0 radical (unpaired) electrons. The van der Waals surface area contributed by atoms with Crippen molar-refractivity contribution in [3.63, 3.8) is 0 Å². The molecule has 0 saturated carbocycles. The number of nitrogens with one attached hydrogen (secondary N) is 1. The van der Waals surface area contributed by atoms with E-state index >= 15 is 0 Å². The lowest BCUT2D eigenvalue weighted by Crippen LogP contribution is -2.38. The molecule has 2 fully saturated rings. The smallest absolute Gasteiger partial charge is 0.356 e. The quantitative estimate of drug-likeness (QED) is 0.452. The van der Waals surface area contributed by atoms with E-state index in [0.717, 1.165) is 4.57 Å². The third-order valence-corrected chi connectivity index (χ3v) is 6.07. The van der Waals surface area contributed by atoms with Gasteiger partial charge >= 0.3 is 13.3 Å². The number of hydrogen-bond acceptors (Lipinski definition) is 8. The van der Waals surface area contributed by atoms with Gasteiger partial charge in [0.2, 0.25) is 0 Å². The highest BCUT2D eigenvalue weighted by atomic mass is 31.2. The zero-order chi connectivity index (χ0) is 23.3. The number of hydrogen-bond donors (Lipinski definition) is 4. The molecular formula is C19H22N3O9P. The van der Waals surface area contributed by atoms with Crippen molar-refractivity contribution in [2.24, 2.45) is 0 Å². The molecule has 4 rings (SSSR count). The molecule has 1 aromatic heterocycles. The fourth-order valence-corrected chi connectivity index (χ4v) is 4.34. The predicted molar refractivity (Wildman–Crippen MR) is 109 cm³/mol. The summed E-state index contributed by atoms with van der Waals surface area (Å²) in [6.07, 6.45) is -3.30. The summed E-state index contributed by atoms with van der Waals surface area (Å²) in [4.78, 5) is 47.6. The van der Waals surface area contributed by atoms with Gasteiger partial charge in [0.15, 0.2) is 17.9 Å². The number of nitrogens with zero attached hydrogens (tertiary/aromatic N) is 2. The summed E-state index contributed by atoms with van der Waals surface area (Å²) >= 11 is 0. The molecule has 32 heavy (non-hydrogen) atoms. The maximum atomic E-state index is 12.7. The summed E-state index contributed by atoms with van der Waals surface area (Å²) in [5, 5.41) is 12.6. The van der Waals surface area contributed by atoms with Crippen LogP contribution in [0.15, 0.2) is 47.4 Å². The number of rotatable bonds is 5. The standard InChI is InChI=1S/C19H22N3O9P/c1-19(2)30-12-13(31-19)16(29-14(12)17(24)32(26,27)28)22-9-8-11(21-18(22)25)20-15(23)10-6-4-3-5-7-10/h3-9,12-14,16-17,24H,1-2H3,(H2,26,27,28)(H,20,21,23,25)/t12-,13+,14-,16+,17-/m0/s1. The molecule has 0 spiro atoms. The molecule has 1 amide bonds. The number of fused-ring (bicyclic) bond motifs is 1.